The van der Waals surface area contributed by atoms with Gasteiger partial charge in [-0.25, -0.2) is 4.79 Å². The summed E-state index contributed by atoms with van der Waals surface area (Å²) in [5, 5.41) is 3.16. The molecule has 0 aliphatic carbocycles. The highest BCUT2D eigenvalue weighted by Gasteiger charge is 2.34. The largest absolute Gasteiger partial charge is 0.491 e. The highest BCUT2D eigenvalue weighted by Crippen LogP contribution is 2.35. The Labute approximate surface area is 124 Å². The predicted molar refractivity (Wildman–Crippen MR) is 76.8 cm³/mol. The van der Waals surface area contributed by atoms with Crippen molar-refractivity contribution in [1.29, 1.82) is 0 Å². The number of carbonyl (C=O) groups is 1. The summed E-state index contributed by atoms with van der Waals surface area (Å²) in [6, 6.07) is 5.32. The third-order valence-corrected chi connectivity index (χ3v) is 3.27. The van der Waals surface area contributed by atoms with Crippen LogP contribution in [0.3, 0.4) is 0 Å². The van der Waals surface area contributed by atoms with E-state index in [1.54, 1.807) is 25.1 Å². The fraction of sp³-hybridized carbons (Fsp3) is 0.533. The Bertz CT molecular complexity index is 505. The molecule has 0 saturated carbocycles. The molecular formula is C15H21NO5. The van der Waals surface area contributed by atoms with Gasteiger partial charge in [-0.1, -0.05) is 6.92 Å². The number of benzene rings is 1. The van der Waals surface area contributed by atoms with Gasteiger partial charge in [0.2, 0.25) is 6.79 Å². The van der Waals surface area contributed by atoms with Crippen LogP contribution in [0.25, 0.3) is 0 Å². The first-order chi connectivity index (χ1) is 10.1. The van der Waals surface area contributed by atoms with E-state index in [0.717, 1.165) is 6.42 Å². The normalized spacial score (nSPS) is 15.4. The topological polar surface area (TPSA) is 66.0 Å². The minimum atomic E-state index is -0.888. The SMILES string of the molecule is CCCNC(C)(COc1ccc2c(c1)OCO2)C(=O)OC. The fourth-order valence-corrected chi connectivity index (χ4v) is 2.00. The number of ether oxygens (including phenoxy) is 4. The van der Waals surface area contributed by atoms with E-state index in [9.17, 15) is 4.79 Å². The van der Waals surface area contributed by atoms with E-state index in [-0.39, 0.29) is 19.4 Å². The first kappa shape index (κ1) is 15.4. The first-order valence-corrected chi connectivity index (χ1v) is 6.95. The first-order valence-electron chi connectivity index (χ1n) is 6.95. The molecule has 1 unspecified atom stereocenters. The Morgan fingerprint density at radius 2 is 2.14 bits per heavy atom. The lowest BCUT2D eigenvalue weighted by Crippen LogP contribution is -2.54. The maximum atomic E-state index is 11.9. The molecule has 6 heteroatoms. The van der Waals surface area contributed by atoms with Crippen molar-refractivity contribution < 1.29 is 23.7 Å². The summed E-state index contributed by atoms with van der Waals surface area (Å²) in [4.78, 5) is 11.9. The molecule has 1 aromatic carbocycles. The van der Waals surface area contributed by atoms with Crippen molar-refractivity contribution in [2.24, 2.45) is 0 Å². The van der Waals surface area contributed by atoms with E-state index in [2.05, 4.69) is 5.32 Å². The monoisotopic (exact) mass is 295 g/mol. The summed E-state index contributed by atoms with van der Waals surface area (Å²) in [5.41, 5.74) is -0.888. The summed E-state index contributed by atoms with van der Waals surface area (Å²) >= 11 is 0. The van der Waals surface area contributed by atoms with Crippen molar-refractivity contribution in [1.82, 2.24) is 5.32 Å². The van der Waals surface area contributed by atoms with Crippen LogP contribution in [0.2, 0.25) is 0 Å². The Hall–Kier alpha value is -1.95. The van der Waals surface area contributed by atoms with Gasteiger partial charge in [0.25, 0.3) is 0 Å². The lowest BCUT2D eigenvalue weighted by molar-refractivity contribution is -0.149. The van der Waals surface area contributed by atoms with E-state index >= 15 is 0 Å². The maximum Gasteiger partial charge on any atom is 0.329 e. The Morgan fingerprint density at radius 1 is 1.38 bits per heavy atom. The van der Waals surface area contributed by atoms with E-state index in [0.29, 0.717) is 23.8 Å². The molecule has 6 nitrogen and oxygen atoms in total. The molecule has 0 aromatic heterocycles. The second-order valence-corrected chi connectivity index (χ2v) is 5.05. The van der Waals surface area contributed by atoms with Crippen LogP contribution in [0.15, 0.2) is 18.2 Å². The van der Waals surface area contributed by atoms with Gasteiger partial charge in [0.15, 0.2) is 11.5 Å². The Balaban J connectivity index is 2.02. The second-order valence-electron chi connectivity index (χ2n) is 5.05. The van der Waals surface area contributed by atoms with E-state index in [1.165, 1.54) is 7.11 Å². The highest BCUT2D eigenvalue weighted by molar-refractivity contribution is 5.80. The predicted octanol–water partition coefficient (Wildman–Crippen LogP) is 1.73. The van der Waals surface area contributed by atoms with E-state index in [1.807, 2.05) is 6.92 Å². The molecule has 0 spiro atoms. The molecule has 1 aliphatic rings. The number of fused-ring (bicyclic) bond motifs is 1. The van der Waals surface area contributed by atoms with E-state index in [4.69, 9.17) is 18.9 Å². The van der Waals surface area contributed by atoms with Crippen LogP contribution < -0.4 is 19.5 Å². The molecule has 0 saturated heterocycles. The van der Waals surface area contributed by atoms with Gasteiger partial charge < -0.3 is 18.9 Å². The molecule has 1 N–H and O–H groups in total. The summed E-state index contributed by atoms with van der Waals surface area (Å²) in [7, 11) is 1.37. The number of carbonyl (C=O) groups excluding carboxylic acids is 1. The number of methoxy groups -OCH3 is 1. The van der Waals surface area contributed by atoms with Crippen molar-refractivity contribution >= 4 is 5.97 Å². The van der Waals surface area contributed by atoms with Gasteiger partial charge in [0, 0.05) is 6.07 Å². The van der Waals surface area contributed by atoms with Gasteiger partial charge in [-0.15, -0.1) is 0 Å². The van der Waals surface area contributed by atoms with Crippen LogP contribution >= 0.6 is 0 Å². The van der Waals surface area contributed by atoms with Crippen LogP contribution in [0.4, 0.5) is 0 Å². The van der Waals surface area contributed by atoms with Crippen molar-refractivity contribution in [3.8, 4) is 17.2 Å². The minimum Gasteiger partial charge on any atom is -0.491 e. The highest BCUT2D eigenvalue weighted by atomic mass is 16.7. The number of hydrogen-bond acceptors (Lipinski definition) is 6. The van der Waals surface area contributed by atoms with Gasteiger partial charge in [-0.2, -0.15) is 0 Å². The van der Waals surface area contributed by atoms with Crippen LogP contribution in [0, 0.1) is 0 Å². The van der Waals surface area contributed by atoms with Crippen molar-refractivity contribution in [3.05, 3.63) is 18.2 Å². The molecule has 1 heterocycles. The molecule has 0 bridgehead atoms. The quantitative estimate of drug-likeness (QED) is 0.773. The van der Waals surface area contributed by atoms with Gasteiger partial charge in [0.05, 0.1) is 7.11 Å². The standard InChI is InChI=1S/C15H21NO5/c1-4-7-16-15(2,14(17)18-3)9-19-11-5-6-12-13(8-11)21-10-20-12/h5-6,8,16H,4,7,9-10H2,1-3H3. The molecule has 0 radical (unpaired) electrons. The zero-order chi connectivity index (χ0) is 15.3. The average Bonchev–Trinajstić information content (AvgIpc) is 2.97. The van der Waals surface area contributed by atoms with Crippen LogP contribution in [0.5, 0.6) is 17.2 Å². The number of esters is 1. The van der Waals surface area contributed by atoms with Crippen LogP contribution in [-0.2, 0) is 9.53 Å². The lowest BCUT2D eigenvalue weighted by atomic mass is 10.0. The Morgan fingerprint density at radius 3 is 2.86 bits per heavy atom. The van der Waals surface area contributed by atoms with Gasteiger partial charge in [-0.05, 0) is 32.0 Å². The van der Waals surface area contributed by atoms with Crippen LogP contribution in [0.1, 0.15) is 20.3 Å². The number of rotatable bonds is 7. The third-order valence-electron chi connectivity index (χ3n) is 3.27. The molecular weight excluding hydrogens is 274 g/mol. The molecule has 21 heavy (non-hydrogen) atoms. The maximum absolute atomic E-state index is 11.9. The van der Waals surface area contributed by atoms with Crippen LogP contribution in [-0.4, -0.2) is 38.6 Å². The molecule has 0 fully saturated rings. The molecule has 1 aromatic rings. The smallest absolute Gasteiger partial charge is 0.329 e. The summed E-state index contributed by atoms with van der Waals surface area (Å²) < 4.78 is 21.1. The summed E-state index contributed by atoms with van der Waals surface area (Å²) in [6.07, 6.45) is 0.913. The summed E-state index contributed by atoms with van der Waals surface area (Å²) in [6.45, 7) is 4.89. The number of hydrogen-bond donors (Lipinski definition) is 1. The van der Waals surface area contributed by atoms with Crippen molar-refractivity contribution in [3.63, 3.8) is 0 Å². The molecule has 1 atom stereocenters. The zero-order valence-corrected chi connectivity index (χ0v) is 12.6. The fourth-order valence-electron chi connectivity index (χ4n) is 2.00. The molecule has 1 aliphatic heterocycles. The van der Waals surface area contributed by atoms with Crippen molar-refractivity contribution in [2.45, 2.75) is 25.8 Å². The lowest BCUT2D eigenvalue weighted by Gasteiger charge is -2.27. The average molecular weight is 295 g/mol. The Kier molecular flexibility index (Phi) is 4.90. The van der Waals surface area contributed by atoms with E-state index < -0.39 is 5.54 Å². The molecule has 116 valence electrons. The zero-order valence-electron chi connectivity index (χ0n) is 12.6. The molecule has 2 rings (SSSR count). The summed E-state index contributed by atoms with van der Waals surface area (Å²) in [5.74, 6) is 1.61. The number of nitrogens with one attached hydrogen (secondary N) is 1. The second kappa shape index (κ2) is 6.67. The molecule has 0 amide bonds. The van der Waals surface area contributed by atoms with Gasteiger partial charge in [-0.3, -0.25) is 5.32 Å². The van der Waals surface area contributed by atoms with Gasteiger partial charge >= 0.3 is 5.97 Å². The third kappa shape index (κ3) is 3.58. The van der Waals surface area contributed by atoms with Crippen molar-refractivity contribution in [2.75, 3.05) is 27.1 Å². The minimum absolute atomic E-state index is 0.166. The van der Waals surface area contributed by atoms with Gasteiger partial charge in [0.1, 0.15) is 17.9 Å².